The van der Waals surface area contributed by atoms with Crippen molar-refractivity contribution in [3.63, 3.8) is 0 Å². The van der Waals surface area contributed by atoms with Gasteiger partial charge < -0.3 is 0 Å². The van der Waals surface area contributed by atoms with E-state index < -0.39 is 17.4 Å². The Kier molecular flexibility index (Phi) is 5.95. The quantitative estimate of drug-likeness (QED) is 0.640. The molecule has 0 aromatic heterocycles. The summed E-state index contributed by atoms with van der Waals surface area (Å²) in [6.45, 7) is 4.56. The van der Waals surface area contributed by atoms with Gasteiger partial charge in [-0.05, 0) is 0 Å². The fourth-order valence-electron chi connectivity index (χ4n) is 2.47. The molecule has 0 bridgehead atoms. The third kappa shape index (κ3) is 3.35. The zero-order chi connectivity index (χ0) is 11.1. The standard InChI is InChI=1S/C6H7.C5H5.2CH3.2ClH.H2Si.Zr/c1-6-4-2-3-5-6;1-2-4-5-3-1;;;;;;/h4-5H,2H2,1H3;1-3H,4H2;2*1H3;2*1H;1H2;. The fraction of sp³-hybridized carbons (Fsp3) is 0.385. The van der Waals surface area contributed by atoms with Gasteiger partial charge in [0.1, 0.15) is 0 Å². The zero-order valence-corrected chi connectivity index (χ0v) is 16.3. The van der Waals surface area contributed by atoms with Gasteiger partial charge in [0.05, 0.1) is 0 Å². The average Bonchev–Trinajstić information content (AvgIpc) is 2.71. The predicted molar refractivity (Wildman–Crippen MR) is 83.1 cm³/mol. The first-order valence-electron chi connectivity index (χ1n) is 5.70. The SMILES string of the molecule is CC1=CC[C]([Zr]([CH3])([CH3])(=[SiH2])[C]2=CC=CC2)=C1.Cl.Cl. The summed E-state index contributed by atoms with van der Waals surface area (Å²) in [5, 5.41) is 0. The first-order chi connectivity index (χ1) is 6.88. The molecule has 4 heteroatoms. The summed E-state index contributed by atoms with van der Waals surface area (Å²) < 4.78 is 8.68. The van der Waals surface area contributed by atoms with Crippen molar-refractivity contribution in [3.8, 4) is 0 Å². The maximum atomic E-state index is 2.58. The number of rotatable bonds is 2. The van der Waals surface area contributed by atoms with Gasteiger partial charge in [0.15, 0.2) is 0 Å². The molecule has 0 aromatic rings. The molecule has 2 aliphatic carbocycles. The molecule has 0 unspecified atom stereocenters. The minimum absolute atomic E-state index is 0. The summed E-state index contributed by atoms with van der Waals surface area (Å²) in [5.41, 5.74) is 1.47. The Morgan fingerprint density at radius 3 is 2.18 bits per heavy atom. The fourth-order valence-corrected chi connectivity index (χ4v) is 13.5. The van der Waals surface area contributed by atoms with Gasteiger partial charge in [-0.3, -0.25) is 0 Å². The molecule has 0 saturated carbocycles. The third-order valence-corrected chi connectivity index (χ3v) is 21.1. The predicted octanol–water partition coefficient (Wildman–Crippen LogP) is 4.24. The molecule has 0 saturated heterocycles. The average molecular weight is 369 g/mol. The van der Waals surface area contributed by atoms with E-state index >= 15 is 0 Å². The number of hydrogen-bond donors (Lipinski definition) is 0. The Morgan fingerprint density at radius 1 is 1.12 bits per heavy atom. The van der Waals surface area contributed by atoms with E-state index in [1.165, 1.54) is 18.4 Å². The minimum atomic E-state index is -2.66. The Bertz CT molecular complexity index is 490. The van der Waals surface area contributed by atoms with E-state index in [-0.39, 0.29) is 24.8 Å². The molecule has 96 valence electrons. The van der Waals surface area contributed by atoms with Crippen LogP contribution in [0.3, 0.4) is 0 Å². The maximum absolute atomic E-state index is 2.66. The van der Waals surface area contributed by atoms with Crippen molar-refractivity contribution in [1.82, 2.24) is 0 Å². The molecule has 17 heavy (non-hydrogen) atoms. The Morgan fingerprint density at radius 2 is 1.76 bits per heavy atom. The van der Waals surface area contributed by atoms with E-state index in [1.54, 1.807) is 6.56 Å². The molecule has 0 atom stereocenters. The Hall–Kier alpha value is 0.640. The molecule has 0 nitrogen and oxygen atoms in total. The van der Waals surface area contributed by atoms with Crippen LogP contribution >= 0.6 is 24.8 Å². The van der Waals surface area contributed by atoms with Crippen molar-refractivity contribution < 1.29 is 17.4 Å². The van der Waals surface area contributed by atoms with E-state index in [0.717, 1.165) is 0 Å². The van der Waals surface area contributed by atoms with Crippen molar-refractivity contribution in [2.75, 3.05) is 0 Å². The van der Waals surface area contributed by atoms with Crippen LogP contribution in [0.4, 0.5) is 0 Å². The molecule has 2 aliphatic rings. The largest absolute Gasteiger partial charge is 0.147 e. The van der Waals surface area contributed by atoms with Gasteiger partial charge in [-0.15, -0.1) is 24.8 Å². The molecular weight excluding hydrogens is 346 g/mol. The molecule has 0 amide bonds. The van der Waals surface area contributed by atoms with Crippen LogP contribution in [0.2, 0.25) is 9.26 Å². The van der Waals surface area contributed by atoms with Crippen molar-refractivity contribution >= 4 is 31.7 Å². The van der Waals surface area contributed by atoms with Gasteiger partial charge in [0, 0.05) is 0 Å². The molecule has 0 aliphatic heterocycles. The van der Waals surface area contributed by atoms with Gasteiger partial charge in [-0.1, -0.05) is 0 Å². The third-order valence-electron chi connectivity index (χ3n) is 3.88. The van der Waals surface area contributed by atoms with Crippen LogP contribution in [0.15, 0.2) is 42.5 Å². The number of halogens is 2. The summed E-state index contributed by atoms with van der Waals surface area (Å²) in [6, 6.07) is 0. The zero-order valence-electron chi connectivity index (χ0n) is 10.8. The van der Waals surface area contributed by atoms with E-state index in [9.17, 15) is 0 Å². The van der Waals surface area contributed by atoms with Gasteiger partial charge in [0.2, 0.25) is 0 Å². The normalized spacial score (nSPS) is 18.9. The molecule has 0 spiro atoms. The van der Waals surface area contributed by atoms with Crippen LogP contribution in [-0.4, -0.2) is 6.88 Å². The first-order valence-corrected chi connectivity index (χ1v) is 19.0. The molecule has 0 N–H and O–H groups in total. The van der Waals surface area contributed by atoms with E-state index in [1.807, 2.05) is 0 Å². The Balaban J connectivity index is 0.00000128. The molecule has 0 heterocycles. The van der Waals surface area contributed by atoms with Gasteiger partial charge >= 0.3 is 95.8 Å². The van der Waals surface area contributed by atoms with Crippen molar-refractivity contribution in [2.45, 2.75) is 29.0 Å². The van der Waals surface area contributed by atoms with Crippen LogP contribution in [-0.2, 0) is 17.4 Å². The van der Waals surface area contributed by atoms with Crippen molar-refractivity contribution in [2.24, 2.45) is 0 Å². The summed E-state index contributed by atoms with van der Waals surface area (Å²) in [7, 11) is 0. The monoisotopic (exact) mass is 366 g/mol. The summed E-state index contributed by atoms with van der Waals surface area (Å²) in [6.07, 6.45) is 14.2. The molecular formula is C13H22Cl2SiZr. The second-order valence-corrected chi connectivity index (χ2v) is 34.7. The number of allylic oxidation sites excluding steroid dienone is 8. The Labute approximate surface area is 120 Å². The van der Waals surface area contributed by atoms with E-state index in [2.05, 4.69) is 53.4 Å². The molecule has 0 fully saturated rings. The van der Waals surface area contributed by atoms with Gasteiger partial charge in [-0.2, -0.15) is 0 Å². The maximum Gasteiger partial charge on any atom is -0.147 e. The van der Waals surface area contributed by atoms with Crippen molar-refractivity contribution in [1.29, 1.82) is 0 Å². The van der Waals surface area contributed by atoms with Crippen LogP contribution in [0.25, 0.3) is 0 Å². The number of hydrogen-bond acceptors (Lipinski definition) is 0. The summed E-state index contributed by atoms with van der Waals surface area (Å²) in [5.74, 6) is 0. The molecule has 0 aromatic carbocycles. The smallest absolute Gasteiger partial charge is 0.147 e. The van der Waals surface area contributed by atoms with Crippen LogP contribution in [0, 0.1) is 0 Å². The summed E-state index contributed by atoms with van der Waals surface area (Å²) in [4.78, 5) is 0. The van der Waals surface area contributed by atoms with Gasteiger partial charge in [-0.25, -0.2) is 0 Å². The first kappa shape index (κ1) is 17.6. The van der Waals surface area contributed by atoms with Crippen LogP contribution < -0.4 is 0 Å². The molecule has 2 rings (SSSR count). The molecule has 0 radical (unpaired) electrons. The second kappa shape index (κ2) is 5.74. The second-order valence-electron chi connectivity index (χ2n) is 5.83. The van der Waals surface area contributed by atoms with Gasteiger partial charge in [0.25, 0.3) is 0 Å². The van der Waals surface area contributed by atoms with Crippen LogP contribution in [0.1, 0.15) is 19.8 Å². The topological polar surface area (TPSA) is 0 Å². The van der Waals surface area contributed by atoms with E-state index in [0.29, 0.717) is 0 Å². The van der Waals surface area contributed by atoms with Crippen LogP contribution in [0.5, 0.6) is 0 Å². The van der Waals surface area contributed by atoms with Crippen molar-refractivity contribution in [3.05, 3.63) is 42.5 Å². The summed E-state index contributed by atoms with van der Waals surface area (Å²) >= 11 is -2.66. The van der Waals surface area contributed by atoms with E-state index in [4.69, 9.17) is 0 Å². The minimum Gasteiger partial charge on any atom is -0.147 e.